The van der Waals surface area contributed by atoms with Crippen molar-refractivity contribution in [1.29, 1.82) is 0 Å². The van der Waals surface area contributed by atoms with Crippen LogP contribution in [0.3, 0.4) is 0 Å². The van der Waals surface area contributed by atoms with E-state index in [-0.39, 0.29) is 24.5 Å². The number of nitrogens with zero attached hydrogens (tertiary/aromatic N) is 5. The highest BCUT2D eigenvalue weighted by Crippen LogP contribution is 2.39. The van der Waals surface area contributed by atoms with E-state index in [9.17, 15) is 14.4 Å². The zero-order chi connectivity index (χ0) is 25.8. The molecule has 0 amide bonds. The second-order valence-electron chi connectivity index (χ2n) is 9.22. The van der Waals surface area contributed by atoms with E-state index in [1.807, 2.05) is 35.2 Å². The number of pyridine rings is 1. The summed E-state index contributed by atoms with van der Waals surface area (Å²) in [6.07, 6.45) is 4.52. The Morgan fingerprint density at radius 2 is 1.70 bits per heavy atom. The van der Waals surface area contributed by atoms with E-state index in [2.05, 4.69) is 4.98 Å². The summed E-state index contributed by atoms with van der Waals surface area (Å²) in [6, 6.07) is 14.3. The first-order valence-electron chi connectivity index (χ1n) is 12.5. The van der Waals surface area contributed by atoms with Crippen molar-refractivity contribution >= 4 is 17.9 Å². The fraction of sp³-hybridized carbons (Fsp3) is 0.370. The second kappa shape index (κ2) is 10.5. The highest BCUT2D eigenvalue weighted by molar-refractivity contribution is 5.99. The molecule has 0 atom stereocenters. The Balaban J connectivity index is 1.50. The Morgan fingerprint density at radius 3 is 2.41 bits per heavy atom. The molecular formula is C27H29N5O5. The predicted octanol–water partition coefficient (Wildman–Crippen LogP) is 3.32. The number of fused-ring (bicyclic) bond motifs is 1. The van der Waals surface area contributed by atoms with Crippen molar-refractivity contribution in [2.75, 3.05) is 31.1 Å². The lowest BCUT2D eigenvalue weighted by atomic mass is 9.81. The van der Waals surface area contributed by atoms with Crippen molar-refractivity contribution in [2.45, 2.75) is 38.3 Å². The molecule has 192 valence electrons. The predicted molar refractivity (Wildman–Crippen MR) is 136 cm³/mol. The number of aromatic nitrogens is 3. The van der Waals surface area contributed by atoms with Gasteiger partial charge in [-0.05, 0) is 38.3 Å². The van der Waals surface area contributed by atoms with Gasteiger partial charge in [-0.15, -0.1) is 5.06 Å². The number of hydrogen-bond donors (Lipinski definition) is 0. The van der Waals surface area contributed by atoms with Crippen LogP contribution < -0.4 is 10.5 Å². The quantitative estimate of drug-likeness (QED) is 0.370. The average molecular weight is 504 g/mol. The summed E-state index contributed by atoms with van der Waals surface area (Å²) < 4.78 is 6.56. The van der Waals surface area contributed by atoms with Crippen LogP contribution in [0.5, 0.6) is 0 Å². The zero-order valence-electron chi connectivity index (χ0n) is 20.7. The lowest BCUT2D eigenvalue weighted by Crippen LogP contribution is -2.61. The van der Waals surface area contributed by atoms with E-state index in [0.29, 0.717) is 56.1 Å². The van der Waals surface area contributed by atoms with Crippen LogP contribution in [0.25, 0.3) is 11.3 Å². The molecular weight excluding hydrogens is 474 g/mol. The average Bonchev–Trinajstić information content (AvgIpc) is 2.92. The number of Topliss-reactive ketones (excluding diaryl/α,β-unsaturated/α-hetero) is 1. The normalized spacial score (nSPS) is 16.7. The number of ether oxygens (including phenoxy) is 1. The van der Waals surface area contributed by atoms with Crippen molar-refractivity contribution in [1.82, 2.24) is 19.6 Å². The van der Waals surface area contributed by atoms with Gasteiger partial charge >= 0.3 is 6.16 Å². The molecule has 0 unspecified atom stereocenters. The third-order valence-electron chi connectivity index (χ3n) is 7.10. The fourth-order valence-electron chi connectivity index (χ4n) is 5.11. The van der Waals surface area contributed by atoms with Gasteiger partial charge in [0.25, 0.3) is 5.56 Å². The van der Waals surface area contributed by atoms with E-state index >= 15 is 0 Å². The van der Waals surface area contributed by atoms with Crippen molar-refractivity contribution in [3.63, 3.8) is 0 Å². The lowest BCUT2D eigenvalue weighted by Gasteiger charge is -2.51. The third-order valence-corrected chi connectivity index (χ3v) is 7.10. The molecule has 1 fully saturated rings. The summed E-state index contributed by atoms with van der Waals surface area (Å²) >= 11 is 0. The molecule has 1 saturated heterocycles. The number of hydroxylamine groups is 2. The SMILES string of the molecule is CCOC(=O)ON1CCC2(CC1)CCn1c(nc(-c3ccncc3)cc1=O)N2CC(=O)c1ccccc1. The molecule has 4 heterocycles. The Kier molecular flexibility index (Phi) is 7.00. The standard InChI is InChI=1S/C27H29N5O5/c1-2-36-26(35)37-30-15-10-27(11-16-30)12-17-31-24(34)18-22(20-8-13-28-14-9-20)29-25(31)32(27)19-23(33)21-6-4-3-5-7-21/h3-9,13-14,18H,2,10-12,15-17,19H2,1H3. The molecule has 10 heteroatoms. The minimum absolute atomic E-state index is 0.0535. The second-order valence-corrected chi connectivity index (χ2v) is 9.22. The highest BCUT2D eigenvalue weighted by atomic mass is 16.8. The third kappa shape index (κ3) is 5.10. The van der Waals surface area contributed by atoms with Crippen LogP contribution >= 0.6 is 0 Å². The molecule has 10 nitrogen and oxygen atoms in total. The van der Waals surface area contributed by atoms with Crippen molar-refractivity contribution in [3.8, 4) is 11.3 Å². The molecule has 0 N–H and O–H groups in total. The maximum Gasteiger partial charge on any atom is 0.527 e. The molecule has 1 aromatic carbocycles. The van der Waals surface area contributed by atoms with E-state index in [0.717, 1.165) is 5.56 Å². The summed E-state index contributed by atoms with van der Waals surface area (Å²) in [4.78, 5) is 54.7. The van der Waals surface area contributed by atoms with Gasteiger partial charge in [-0.2, -0.15) is 0 Å². The van der Waals surface area contributed by atoms with Crippen molar-refractivity contribution in [2.24, 2.45) is 0 Å². The number of piperidine rings is 1. The minimum atomic E-state index is -0.723. The van der Waals surface area contributed by atoms with Crippen LogP contribution in [-0.2, 0) is 16.1 Å². The van der Waals surface area contributed by atoms with Crippen LogP contribution in [0.15, 0.2) is 65.7 Å². The summed E-state index contributed by atoms with van der Waals surface area (Å²) in [5.41, 5.74) is 1.34. The molecule has 2 aromatic heterocycles. The maximum absolute atomic E-state index is 13.4. The summed E-state index contributed by atoms with van der Waals surface area (Å²) in [5, 5.41) is 1.60. The molecule has 5 rings (SSSR count). The Hall–Kier alpha value is -4.05. The largest absolute Gasteiger partial charge is 0.527 e. The van der Waals surface area contributed by atoms with Gasteiger partial charge < -0.3 is 14.5 Å². The van der Waals surface area contributed by atoms with Gasteiger partial charge in [0.15, 0.2) is 5.78 Å². The summed E-state index contributed by atoms with van der Waals surface area (Å²) in [7, 11) is 0. The molecule has 0 aliphatic carbocycles. The first-order valence-corrected chi connectivity index (χ1v) is 12.5. The van der Waals surface area contributed by atoms with Gasteiger partial charge in [0.05, 0.1) is 18.8 Å². The lowest BCUT2D eigenvalue weighted by molar-refractivity contribution is -0.145. The number of hydrogen-bond acceptors (Lipinski definition) is 9. The number of carbonyl (C=O) groups excluding carboxylic acids is 2. The number of carbonyl (C=O) groups is 2. The smallest absolute Gasteiger partial charge is 0.433 e. The van der Waals surface area contributed by atoms with Crippen molar-refractivity contribution in [3.05, 3.63) is 76.8 Å². The molecule has 0 saturated carbocycles. The summed E-state index contributed by atoms with van der Waals surface area (Å²) in [6.45, 7) is 3.49. The topological polar surface area (TPSA) is 107 Å². The maximum atomic E-state index is 13.4. The minimum Gasteiger partial charge on any atom is -0.433 e. The molecule has 3 aromatic rings. The zero-order valence-corrected chi connectivity index (χ0v) is 20.7. The van der Waals surface area contributed by atoms with E-state index < -0.39 is 11.7 Å². The van der Waals surface area contributed by atoms with Crippen LogP contribution in [0.1, 0.15) is 36.5 Å². The first kappa shape index (κ1) is 24.6. The fourth-order valence-corrected chi connectivity index (χ4v) is 5.11. The van der Waals surface area contributed by atoms with Crippen LogP contribution in [0, 0.1) is 0 Å². The van der Waals surface area contributed by atoms with Gasteiger partial charge in [0, 0.05) is 54.8 Å². The number of anilines is 1. The van der Waals surface area contributed by atoms with E-state index in [1.54, 1.807) is 41.1 Å². The van der Waals surface area contributed by atoms with Crippen LogP contribution in [-0.4, -0.2) is 63.3 Å². The molecule has 0 radical (unpaired) electrons. The molecule has 37 heavy (non-hydrogen) atoms. The monoisotopic (exact) mass is 503 g/mol. The Morgan fingerprint density at radius 1 is 1.00 bits per heavy atom. The first-order chi connectivity index (χ1) is 18.0. The number of ketones is 1. The highest BCUT2D eigenvalue weighted by Gasteiger charge is 2.45. The Bertz CT molecular complexity index is 1320. The number of rotatable bonds is 6. The molecule has 2 aliphatic rings. The Labute approximate surface area is 214 Å². The number of benzene rings is 1. The van der Waals surface area contributed by atoms with Crippen LogP contribution in [0.4, 0.5) is 10.7 Å². The molecule has 2 aliphatic heterocycles. The van der Waals surface area contributed by atoms with E-state index in [1.165, 1.54) is 6.07 Å². The van der Waals surface area contributed by atoms with Gasteiger partial charge in [0.1, 0.15) is 0 Å². The van der Waals surface area contributed by atoms with E-state index in [4.69, 9.17) is 14.6 Å². The molecule has 1 spiro atoms. The molecule has 0 bridgehead atoms. The van der Waals surface area contributed by atoms with Gasteiger partial charge in [-0.1, -0.05) is 30.3 Å². The van der Waals surface area contributed by atoms with Crippen LogP contribution in [0.2, 0.25) is 0 Å². The van der Waals surface area contributed by atoms with Gasteiger partial charge in [-0.3, -0.25) is 19.1 Å². The van der Waals surface area contributed by atoms with Gasteiger partial charge in [-0.25, -0.2) is 9.78 Å². The van der Waals surface area contributed by atoms with Crippen molar-refractivity contribution < 1.29 is 19.2 Å². The van der Waals surface area contributed by atoms with Gasteiger partial charge in [0.2, 0.25) is 5.95 Å². The summed E-state index contributed by atoms with van der Waals surface area (Å²) in [5.74, 6) is 0.428.